The molecule has 0 spiro atoms. The number of carbonyl (C=O) groups excluding carboxylic acids is 2. The normalized spacial score (nSPS) is 26.9. The third-order valence-electron chi connectivity index (χ3n) is 2.33. The van der Waals surface area contributed by atoms with Crippen LogP contribution in [0.4, 0.5) is 0 Å². The summed E-state index contributed by atoms with van der Waals surface area (Å²) in [6, 6.07) is 0. The number of esters is 1. The Kier molecular flexibility index (Phi) is 3.23. The van der Waals surface area contributed by atoms with Gasteiger partial charge in [-0.25, -0.2) is 4.79 Å². The number of methoxy groups -OCH3 is 1. The first-order valence-corrected chi connectivity index (χ1v) is 4.45. The molecule has 0 aromatic heterocycles. The molecule has 0 saturated carbocycles. The molecule has 3 nitrogen and oxygen atoms in total. The Labute approximate surface area is 77.8 Å². The summed E-state index contributed by atoms with van der Waals surface area (Å²) in [6.45, 7) is 2.09. The predicted molar refractivity (Wildman–Crippen MR) is 48.1 cm³/mol. The van der Waals surface area contributed by atoms with E-state index in [1.165, 1.54) is 7.11 Å². The summed E-state index contributed by atoms with van der Waals surface area (Å²) in [5, 5.41) is 0. The van der Waals surface area contributed by atoms with Crippen molar-refractivity contribution in [1.29, 1.82) is 0 Å². The van der Waals surface area contributed by atoms with E-state index in [0.29, 0.717) is 5.92 Å². The summed E-state index contributed by atoms with van der Waals surface area (Å²) in [5.74, 6) is -0.903. The van der Waals surface area contributed by atoms with Crippen LogP contribution >= 0.6 is 0 Å². The van der Waals surface area contributed by atoms with Gasteiger partial charge in [-0.15, -0.1) is 0 Å². The van der Waals surface area contributed by atoms with Crippen LogP contribution < -0.4 is 0 Å². The van der Waals surface area contributed by atoms with Crippen molar-refractivity contribution < 1.29 is 14.3 Å². The monoisotopic (exact) mass is 182 g/mol. The molecule has 0 N–H and O–H groups in total. The van der Waals surface area contributed by atoms with E-state index in [9.17, 15) is 9.59 Å². The van der Waals surface area contributed by atoms with Crippen LogP contribution in [-0.4, -0.2) is 18.9 Å². The van der Waals surface area contributed by atoms with Crippen molar-refractivity contribution in [1.82, 2.24) is 0 Å². The van der Waals surface area contributed by atoms with Gasteiger partial charge in [0, 0.05) is 5.92 Å². The van der Waals surface area contributed by atoms with Gasteiger partial charge in [0.05, 0.1) is 7.11 Å². The minimum absolute atomic E-state index is 0.261. The van der Waals surface area contributed by atoms with E-state index in [1.54, 1.807) is 0 Å². The lowest BCUT2D eigenvalue weighted by molar-refractivity contribution is -0.153. The van der Waals surface area contributed by atoms with Gasteiger partial charge in [0.25, 0.3) is 0 Å². The number of hydrogen-bond acceptors (Lipinski definition) is 3. The van der Waals surface area contributed by atoms with E-state index in [2.05, 4.69) is 11.7 Å². The first kappa shape index (κ1) is 9.96. The predicted octanol–water partition coefficient (Wildman–Crippen LogP) is 1.33. The average Bonchev–Trinajstić information content (AvgIpc) is 2.17. The molecule has 0 heterocycles. The van der Waals surface area contributed by atoms with Crippen molar-refractivity contribution in [2.45, 2.75) is 19.8 Å². The molecule has 0 amide bonds. The van der Waals surface area contributed by atoms with Crippen molar-refractivity contribution in [2.75, 3.05) is 7.11 Å². The Morgan fingerprint density at radius 2 is 2.00 bits per heavy atom. The lowest BCUT2D eigenvalue weighted by Gasteiger charge is -2.17. The van der Waals surface area contributed by atoms with Crippen molar-refractivity contribution in [3.8, 4) is 0 Å². The number of Topliss-reactive ketones (excluding diaryl/α,β-unsaturated/α-hetero) is 1. The maximum atomic E-state index is 11.3. The highest BCUT2D eigenvalue weighted by molar-refractivity contribution is 6.34. The number of ether oxygens (including phenoxy) is 1. The zero-order valence-corrected chi connectivity index (χ0v) is 7.95. The molecule has 3 heteroatoms. The number of rotatable bonds is 2. The van der Waals surface area contributed by atoms with E-state index < -0.39 is 11.8 Å². The smallest absolute Gasteiger partial charge is 0.374 e. The Morgan fingerprint density at radius 3 is 2.46 bits per heavy atom. The largest absolute Gasteiger partial charge is 0.463 e. The third kappa shape index (κ3) is 2.41. The molecule has 1 aliphatic carbocycles. The maximum absolute atomic E-state index is 11.3. The number of hydrogen-bond donors (Lipinski definition) is 0. The first-order valence-electron chi connectivity index (χ1n) is 4.45. The van der Waals surface area contributed by atoms with E-state index in [0.717, 1.165) is 12.8 Å². The minimum atomic E-state index is -0.732. The van der Waals surface area contributed by atoms with Crippen LogP contribution in [0.5, 0.6) is 0 Å². The van der Waals surface area contributed by atoms with E-state index in [4.69, 9.17) is 0 Å². The second-order valence-corrected chi connectivity index (χ2v) is 3.40. The third-order valence-corrected chi connectivity index (χ3v) is 2.33. The molecule has 2 unspecified atom stereocenters. The standard InChI is InChI=1S/C10H14O3/c1-7-3-5-8(6-4-7)9(11)10(12)13-2/h3,5,7-8H,4,6H2,1-2H3. The fourth-order valence-corrected chi connectivity index (χ4v) is 1.43. The van der Waals surface area contributed by atoms with Gasteiger partial charge in [-0.1, -0.05) is 19.1 Å². The zero-order valence-electron chi connectivity index (χ0n) is 7.95. The van der Waals surface area contributed by atoms with Gasteiger partial charge in [0.15, 0.2) is 0 Å². The molecule has 0 aromatic rings. The fourth-order valence-electron chi connectivity index (χ4n) is 1.43. The second kappa shape index (κ2) is 4.21. The Bertz CT molecular complexity index is 243. The number of allylic oxidation sites excluding steroid dienone is 2. The molecule has 0 saturated heterocycles. The van der Waals surface area contributed by atoms with Gasteiger partial charge in [-0.2, -0.15) is 0 Å². The highest BCUT2D eigenvalue weighted by Gasteiger charge is 2.25. The topological polar surface area (TPSA) is 43.4 Å². The molecule has 0 aliphatic heterocycles. The molecule has 0 aromatic carbocycles. The van der Waals surface area contributed by atoms with Gasteiger partial charge in [0.2, 0.25) is 5.78 Å². The van der Waals surface area contributed by atoms with Crippen LogP contribution in [0.2, 0.25) is 0 Å². The summed E-state index contributed by atoms with van der Waals surface area (Å²) in [4.78, 5) is 22.2. The van der Waals surface area contributed by atoms with E-state index in [-0.39, 0.29) is 5.92 Å². The van der Waals surface area contributed by atoms with Gasteiger partial charge >= 0.3 is 5.97 Å². The molecule has 0 radical (unpaired) electrons. The van der Waals surface area contributed by atoms with Crippen LogP contribution in [-0.2, 0) is 14.3 Å². The molecular weight excluding hydrogens is 168 g/mol. The average molecular weight is 182 g/mol. The number of carbonyl (C=O) groups is 2. The fraction of sp³-hybridized carbons (Fsp3) is 0.600. The summed E-state index contributed by atoms with van der Waals surface area (Å²) >= 11 is 0. The molecule has 1 aliphatic rings. The van der Waals surface area contributed by atoms with Crippen molar-refractivity contribution >= 4 is 11.8 Å². The molecule has 72 valence electrons. The zero-order chi connectivity index (χ0) is 9.84. The first-order chi connectivity index (χ1) is 6.15. The van der Waals surface area contributed by atoms with Crippen LogP contribution in [0, 0.1) is 11.8 Å². The Balaban J connectivity index is 2.59. The minimum Gasteiger partial charge on any atom is -0.463 e. The maximum Gasteiger partial charge on any atom is 0.374 e. The van der Waals surface area contributed by atoms with E-state index in [1.807, 2.05) is 12.2 Å². The molecule has 13 heavy (non-hydrogen) atoms. The summed E-state index contributed by atoms with van der Waals surface area (Å²) < 4.78 is 4.37. The molecule has 2 atom stereocenters. The van der Waals surface area contributed by atoms with Crippen molar-refractivity contribution in [3.63, 3.8) is 0 Å². The highest BCUT2D eigenvalue weighted by atomic mass is 16.5. The van der Waals surface area contributed by atoms with Gasteiger partial charge in [-0.05, 0) is 18.8 Å². The van der Waals surface area contributed by atoms with Crippen LogP contribution in [0.3, 0.4) is 0 Å². The SMILES string of the molecule is COC(=O)C(=O)C1C=CC(C)CC1. The van der Waals surface area contributed by atoms with Crippen LogP contribution in [0.25, 0.3) is 0 Å². The molecule has 1 rings (SSSR count). The molecule has 0 fully saturated rings. The van der Waals surface area contributed by atoms with Crippen LogP contribution in [0.15, 0.2) is 12.2 Å². The highest BCUT2D eigenvalue weighted by Crippen LogP contribution is 2.22. The summed E-state index contributed by atoms with van der Waals surface area (Å²) in [7, 11) is 1.23. The van der Waals surface area contributed by atoms with Crippen molar-refractivity contribution in [3.05, 3.63) is 12.2 Å². The van der Waals surface area contributed by atoms with E-state index >= 15 is 0 Å². The lowest BCUT2D eigenvalue weighted by atomic mass is 9.87. The van der Waals surface area contributed by atoms with Gasteiger partial charge in [0.1, 0.15) is 0 Å². The summed E-state index contributed by atoms with van der Waals surface area (Å²) in [6.07, 6.45) is 5.51. The lowest BCUT2D eigenvalue weighted by Crippen LogP contribution is -2.25. The van der Waals surface area contributed by atoms with Crippen molar-refractivity contribution in [2.24, 2.45) is 11.8 Å². The van der Waals surface area contributed by atoms with Gasteiger partial charge in [-0.3, -0.25) is 4.79 Å². The Morgan fingerprint density at radius 1 is 1.31 bits per heavy atom. The second-order valence-electron chi connectivity index (χ2n) is 3.40. The Hall–Kier alpha value is -1.12. The van der Waals surface area contributed by atoms with Crippen LogP contribution in [0.1, 0.15) is 19.8 Å². The quantitative estimate of drug-likeness (QED) is 0.367. The molecular formula is C10H14O3. The molecule has 0 bridgehead atoms. The summed E-state index contributed by atoms with van der Waals surface area (Å²) in [5.41, 5.74) is 0. The van der Waals surface area contributed by atoms with Gasteiger partial charge < -0.3 is 4.74 Å². The number of ketones is 1.